The Kier molecular flexibility index (Phi) is 3.85. The third-order valence-corrected chi connectivity index (χ3v) is 4.47. The summed E-state index contributed by atoms with van der Waals surface area (Å²) in [5.41, 5.74) is 5.93. The van der Waals surface area contributed by atoms with Crippen LogP contribution in [0.2, 0.25) is 0 Å². The van der Waals surface area contributed by atoms with Gasteiger partial charge < -0.3 is 10.3 Å². The third kappa shape index (κ3) is 3.35. The lowest BCUT2D eigenvalue weighted by atomic mass is 9.99. The number of sulfonamides is 1. The summed E-state index contributed by atoms with van der Waals surface area (Å²) in [7, 11) is -3.59. The smallest absolute Gasteiger partial charge is 0.258 e. The summed E-state index contributed by atoms with van der Waals surface area (Å²) in [6.07, 6.45) is 4.55. The number of rotatable bonds is 4. The number of anilines is 1. The number of hydrogen-bond acceptors (Lipinski definition) is 6. The first-order valence-electron chi connectivity index (χ1n) is 7.18. The van der Waals surface area contributed by atoms with Crippen molar-refractivity contribution in [3.8, 4) is 11.5 Å². The molecular formula is C14H17FN4O3S. The van der Waals surface area contributed by atoms with Crippen LogP contribution in [0.3, 0.4) is 0 Å². The predicted octanol–water partition coefficient (Wildman–Crippen LogP) is 1.98. The third-order valence-electron chi connectivity index (χ3n) is 3.88. The van der Waals surface area contributed by atoms with Crippen LogP contribution in [0, 0.1) is 5.82 Å². The molecule has 0 atom stereocenters. The average Bonchev–Trinajstić information content (AvgIpc) is 3.09. The Morgan fingerprint density at radius 3 is 2.70 bits per heavy atom. The minimum atomic E-state index is -3.59. The molecule has 0 aliphatic heterocycles. The van der Waals surface area contributed by atoms with E-state index in [-0.39, 0.29) is 11.6 Å². The van der Waals surface area contributed by atoms with Crippen LogP contribution < -0.4 is 10.5 Å². The minimum Gasteiger partial charge on any atom is -0.334 e. The molecule has 0 radical (unpaired) electrons. The first-order valence-corrected chi connectivity index (χ1v) is 9.07. The van der Waals surface area contributed by atoms with Crippen LogP contribution >= 0.6 is 0 Å². The highest BCUT2D eigenvalue weighted by Gasteiger charge is 2.36. The van der Waals surface area contributed by atoms with Gasteiger partial charge in [0.05, 0.1) is 17.5 Å². The molecule has 1 aromatic carbocycles. The molecule has 1 aliphatic carbocycles. The molecule has 1 fully saturated rings. The van der Waals surface area contributed by atoms with Crippen molar-refractivity contribution in [3.05, 3.63) is 29.8 Å². The highest BCUT2D eigenvalue weighted by molar-refractivity contribution is 7.92. The van der Waals surface area contributed by atoms with Gasteiger partial charge in [-0.05, 0) is 31.0 Å². The quantitative estimate of drug-likeness (QED) is 0.880. The maximum atomic E-state index is 13.7. The monoisotopic (exact) mass is 340 g/mol. The normalized spacial score (nSPS) is 17.3. The average molecular weight is 340 g/mol. The Hall–Kier alpha value is -2.00. The molecule has 3 N–H and O–H groups in total. The number of benzene rings is 1. The maximum absolute atomic E-state index is 13.7. The van der Waals surface area contributed by atoms with Crippen molar-refractivity contribution in [2.24, 2.45) is 5.73 Å². The van der Waals surface area contributed by atoms with Gasteiger partial charge in [0.2, 0.25) is 10.0 Å². The van der Waals surface area contributed by atoms with Crippen LogP contribution in [-0.4, -0.2) is 24.8 Å². The number of aromatic nitrogens is 2. The van der Waals surface area contributed by atoms with Crippen molar-refractivity contribution < 1.29 is 17.3 Å². The minimum absolute atomic E-state index is 0.173. The van der Waals surface area contributed by atoms with E-state index in [1.807, 2.05) is 0 Å². The molecule has 7 nitrogen and oxygen atoms in total. The Balaban J connectivity index is 1.93. The van der Waals surface area contributed by atoms with Crippen LogP contribution in [-0.2, 0) is 15.6 Å². The lowest BCUT2D eigenvalue weighted by molar-refractivity contribution is 0.372. The molecule has 23 heavy (non-hydrogen) atoms. The van der Waals surface area contributed by atoms with Crippen LogP contribution in [0.5, 0.6) is 0 Å². The first-order chi connectivity index (χ1) is 10.8. The molecule has 0 saturated heterocycles. The van der Waals surface area contributed by atoms with Crippen LogP contribution in [0.4, 0.5) is 10.1 Å². The van der Waals surface area contributed by atoms with E-state index in [0.717, 1.165) is 38.0 Å². The van der Waals surface area contributed by atoms with Gasteiger partial charge in [0.1, 0.15) is 5.82 Å². The van der Waals surface area contributed by atoms with E-state index in [4.69, 9.17) is 10.3 Å². The topological polar surface area (TPSA) is 111 Å². The summed E-state index contributed by atoms with van der Waals surface area (Å²) in [4.78, 5) is 4.30. The van der Waals surface area contributed by atoms with Crippen LogP contribution in [0.25, 0.3) is 11.5 Å². The zero-order chi connectivity index (χ0) is 16.7. The molecule has 1 aromatic heterocycles. The second-order valence-corrected chi connectivity index (χ2v) is 7.60. The van der Waals surface area contributed by atoms with Gasteiger partial charge in [0.15, 0.2) is 5.82 Å². The number of hydrogen-bond donors (Lipinski definition) is 2. The molecule has 2 aromatic rings. The number of halogens is 1. The summed E-state index contributed by atoms with van der Waals surface area (Å²) in [6, 6.07) is 3.89. The molecule has 0 amide bonds. The van der Waals surface area contributed by atoms with Gasteiger partial charge in [0, 0.05) is 5.56 Å². The fourth-order valence-corrected chi connectivity index (χ4v) is 3.26. The van der Waals surface area contributed by atoms with Gasteiger partial charge in [-0.15, -0.1) is 0 Å². The standard InChI is InChI=1S/C14H17FN4O3S/c1-23(20,21)19-11-8-9(4-5-10(11)15)12-17-13(18-22-12)14(16)6-2-3-7-14/h4-5,8,19H,2-3,6-7,16H2,1H3. The highest BCUT2D eigenvalue weighted by Crippen LogP contribution is 2.35. The van der Waals surface area contributed by atoms with Gasteiger partial charge in [-0.2, -0.15) is 4.98 Å². The van der Waals surface area contributed by atoms with E-state index in [1.54, 1.807) is 0 Å². The molecule has 1 aliphatic rings. The second-order valence-electron chi connectivity index (χ2n) is 5.86. The molecule has 0 unspecified atom stereocenters. The van der Waals surface area contributed by atoms with Gasteiger partial charge in [-0.25, -0.2) is 12.8 Å². The SMILES string of the molecule is CS(=O)(=O)Nc1cc(-c2nc(C3(N)CCCC3)no2)ccc1F. The van der Waals surface area contributed by atoms with Gasteiger partial charge in [0.25, 0.3) is 5.89 Å². The Labute approximate surface area is 133 Å². The van der Waals surface area contributed by atoms with Gasteiger partial charge in [-0.3, -0.25) is 4.72 Å². The molecule has 1 saturated carbocycles. The Bertz CT molecular complexity index is 828. The fraction of sp³-hybridized carbons (Fsp3) is 0.429. The number of nitrogens with zero attached hydrogens (tertiary/aromatic N) is 2. The molecule has 9 heteroatoms. The van der Waals surface area contributed by atoms with E-state index in [0.29, 0.717) is 11.4 Å². The van der Waals surface area contributed by atoms with Crippen molar-refractivity contribution >= 4 is 15.7 Å². The van der Waals surface area contributed by atoms with Crippen LogP contribution in [0.1, 0.15) is 31.5 Å². The van der Waals surface area contributed by atoms with Crippen molar-refractivity contribution in [1.82, 2.24) is 10.1 Å². The van der Waals surface area contributed by atoms with Crippen molar-refractivity contribution in [1.29, 1.82) is 0 Å². The predicted molar refractivity (Wildman–Crippen MR) is 82.5 cm³/mol. The van der Waals surface area contributed by atoms with E-state index >= 15 is 0 Å². The number of nitrogens with two attached hydrogens (primary N) is 1. The van der Waals surface area contributed by atoms with Crippen LogP contribution in [0.15, 0.2) is 22.7 Å². The molecule has 3 rings (SSSR count). The molecule has 124 valence electrons. The molecule has 0 bridgehead atoms. The van der Waals surface area contributed by atoms with E-state index in [9.17, 15) is 12.8 Å². The Morgan fingerprint density at radius 1 is 1.35 bits per heavy atom. The zero-order valence-corrected chi connectivity index (χ0v) is 13.4. The lowest BCUT2D eigenvalue weighted by Gasteiger charge is -2.17. The van der Waals surface area contributed by atoms with Crippen molar-refractivity contribution in [3.63, 3.8) is 0 Å². The van der Waals surface area contributed by atoms with E-state index in [1.165, 1.54) is 12.1 Å². The fourth-order valence-electron chi connectivity index (χ4n) is 2.71. The van der Waals surface area contributed by atoms with Gasteiger partial charge >= 0.3 is 0 Å². The lowest BCUT2D eigenvalue weighted by Crippen LogP contribution is -2.34. The van der Waals surface area contributed by atoms with E-state index < -0.39 is 21.4 Å². The highest BCUT2D eigenvalue weighted by atomic mass is 32.2. The van der Waals surface area contributed by atoms with Gasteiger partial charge in [-0.1, -0.05) is 18.0 Å². The summed E-state index contributed by atoms with van der Waals surface area (Å²) in [5.74, 6) is -0.0924. The maximum Gasteiger partial charge on any atom is 0.258 e. The number of nitrogens with one attached hydrogen (secondary N) is 1. The summed E-state index contributed by atoms with van der Waals surface area (Å²) in [6.45, 7) is 0. The van der Waals surface area contributed by atoms with Crippen molar-refractivity contribution in [2.75, 3.05) is 11.0 Å². The largest absolute Gasteiger partial charge is 0.334 e. The molecule has 0 spiro atoms. The second kappa shape index (κ2) is 5.57. The molecular weight excluding hydrogens is 323 g/mol. The first kappa shape index (κ1) is 15.9. The Morgan fingerprint density at radius 2 is 2.04 bits per heavy atom. The summed E-state index contributed by atoms with van der Waals surface area (Å²) in [5, 5.41) is 3.93. The zero-order valence-electron chi connectivity index (χ0n) is 12.5. The summed E-state index contributed by atoms with van der Waals surface area (Å²) < 4.78 is 43.6. The summed E-state index contributed by atoms with van der Waals surface area (Å²) >= 11 is 0. The van der Waals surface area contributed by atoms with Crippen molar-refractivity contribution in [2.45, 2.75) is 31.2 Å². The molecule has 1 heterocycles. The van der Waals surface area contributed by atoms with E-state index in [2.05, 4.69) is 14.9 Å².